The van der Waals surface area contributed by atoms with Crippen LogP contribution in [0.15, 0.2) is 24.5 Å². The second-order valence-electron chi connectivity index (χ2n) is 7.86. The minimum absolute atomic E-state index is 0.245. The molecule has 7 heteroatoms. The topological polar surface area (TPSA) is 93.1 Å². The lowest BCUT2D eigenvalue weighted by Crippen LogP contribution is -2.20. The van der Waals surface area contributed by atoms with E-state index in [0.29, 0.717) is 11.5 Å². The van der Waals surface area contributed by atoms with Crippen molar-refractivity contribution >= 4 is 33.7 Å². The molecule has 0 saturated carbocycles. The average molecular weight is 388 g/mol. The SMILES string of the molecule is Cc1cc2c3c(N)ncnc3n(-c3c(C)ccc(O)c3C)c2nc1N1CCCC1. The molecule has 5 rings (SSSR count). The van der Waals surface area contributed by atoms with Gasteiger partial charge in [-0.1, -0.05) is 6.07 Å². The number of pyridine rings is 1. The number of hydrogen-bond donors (Lipinski definition) is 2. The van der Waals surface area contributed by atoms with E-state index < -0.39 is 0 Å². The van der Waals surface area contributed by atoms with Crippen molar-refractivity contribution in [3.05, 3.63) is 41.2 Å². The molecule has 0 spiro atoms. The number of anilines is 2. The van der Waals surface area contributed by atoms with E-state index in [1.807, 2.05) is 24.5 Å². The molecule has 0 radical (unpaired) electrons. The van der Waals surface area contributed by atoms with Crippen LogP contribution in [0.3, 0.4) is 0 Å². The summed E-state index contributed by atoms with van der Waals surface area (Å²) in [5.41, 5.74) is 11.6. The van der Waals surface area contributed by atoms with Crippen LogP contribution < -0.4 is 10.6 Å². The zero-order valence-electron chi connectivity index (χ0n) is 16.9. The maximum atomic E-state index is 10.4. The lowest BCUT2D eigenvalue weighted by atomic mass is 10.1. The van der Waals surface area contributed by atoms with Crippen LogP contribution in [0.1, 0.15) is 29.5 Å². The van der Waals surface area contributed by atoms with Gasteiger partial charge in [0, 0.05) is 24.0 Å². The molecule has 1 aliphatic rings. The number of benzene rings is 1. The number of aromatic hydroxyl groups is 1. The third kappa shape index (κ3) is 2.53. The van der Waals surface area contributed by atoms with E-state index >= 15 is 0 Å². The highest BCUT2D eigenvalue weighted by Gasteiger charge is 2.24. The van der Waals surface area contributed by atoms with Gasteiger partial charge in [-0.05, 0) is 56.9 Å². The largest absolute Gasteiger partial charge is 0.508 e. The summed E-state index contributed by atoms with van der Waals surface area (Å²) in [7, 11) is 0. The first-order valence-electron chi connectivity index (χ1n) is 9.94. The number of phenolic OH excluding ortho intramolecular Hbond substituents is 1. The molecule has 3 aromatic heterocycles. The molecule has 1 aliphatic heterocycles. The zero-order chi connectivity index (χ0) is 20.3. The predicted octanol–water partition coefficient (Wildman–Crippen LogP) is 3.78. The van der Waals surface area contributed by atoms with Gasteiger partial charge in [0.1, 0.15) is 29.4 Å². The van der Waals surface area contributed by atoms with Crippen LogP contribution in [-0.2, 0) is 0 Å². The van der Waals surface area contributed by atoms with Gasteiger partial charge in [0.2, 0.25) is 0 Å². The summed E-state index contributed by atoms with van der Waals surface area (Å²) in [6.45, 7) is 8.07. The highest BCUT2D eigenvalue weighted by molar-refractivity contribution is 6.12. The molecule has 0 amide bonds. The Kier molecular flexibility index (Phi) is 3.87. The van der Waals surface area contributed by atoms with E-state index in [9.17, 15) is 5.11 Å². The maximum Gasteiger partial charge on any atom is 0.152 e. The first-order chi connectivity index (χ1) is 14.0. The van der Waals surface area contributed by atoms with Crippen LogP contribution >= 0.6 is 0 Å². The number of fused-ring (bicyclic) bond motifs is 3. The molecule has 4 aromatic rings. The number of aromatic nitrogens is 4. The first kappa shape index (κ1) is 17.7. The number of hydrogen-bond acceptors (Lipinski definition) is 6. The standard InChI is InChI=1S/C22H24N6O/c1-12-6-7-16(29)14(3)18(12)28-21-15(17-19(23)24-11-25-22(17)28)10-13(2)20(26-21)27-8-4-5-9-27/h6-7,10-11,29H,4-5,8-9H2,1-3H3,(H2,23,24,25). The van der Waals surface area contributed by atoms with Crippen molar-refractivity contribution in [1.29, 1.82) is 0 Å². The molecule has 3 N–H and O–H groups in total. The molecule has 29 heavy (non-hydrogen) atoms. The van der Waals surface area contributed by atoms with Crippen molar-refractivity contribution in [3.63, 3.8) is 0 Å². The van der Waals surface area contributed by atoms with Gasteiger partial charge < -0.3 is 15.7 Å². The third-order valence-electron chi connectivity index (χ3n) is 5.95. The molecule has 0 bridgehead atoms. The number of nitrogen functional groups attached to an aromatic ring is 1. The van der Waals surface area contributed by atoms with Crippen molar-refractivity contribution in [3.8, 4) is 11.4 Å². The fraction of sp³-hybridized carbons (Fsp3) is 0.318. The number of aryl methyl sites for hydroxylation is 2. The summed E-state index contributed by atoms with van der Waals surface area (Å²) in [6, 6.07) is 5.77. The molecule has 1 aromatic carbocycles. The summed E-state index contributed by atoms with van der Waals surface area (Å²) in [5.74, 6) is 1.68. The number of nitrogens with zero attached hydrogens (tertiary/aromatic N) is 5. The molecule has 1 saturated heterocycles. The number of phenols is 1. The Hall–Kier alpha value is -3.35. The number of rotatable bonds is 2. The van der Waals surface area contributed by atoms with E-state index in [1.165, 1.54) is 19.2 Å². The predicted molar refractivity (Wildman–Crippen MR) is 116 cm³/mol. The van der Waals surface area contributed by atoms with Crippen molar-refractivity contribution < 1.29 is 5.11 Å². The maximum absolute atomic E-state index is 10.4. The van der Waals surface area contributed by atoms with E-state index in [4.69, 9.17) is 10.7 Å². The van der Waals surface area contributed by atoms with Gasteiger partial charge in [0.25, 0.3) is 0 Å². The highest BCUT2D eigenvalue weighted by atomic mass is 16.3. The Balaban J connectivity index is 1.95. The molecule has 1 fully saturated rings. The van der Waals surface area contributed by atoms with Gasteiger partial charge in [-0.15, -0.1) is 0 Å². The second kappa shape index (κ2) is 6.34. The van der Waals surface area contributed by atoms with Gasteiger partial charge in [-0.25, -0.2) is 15.0 Å². The lowest BCUT2D eigenvalue weighted by molar-refractivity contribution is 0.470. The Morgan fingerprint density at radius 1 is 1.00 bits per heavy atom. The van der Waals surface area contributed by atoms with Crippen molar-refractivity contribution in [2.75, 3.05) is 23.7 Å². The summed E-state index contributed by atoms with van der Waals surface area (Å²) in [5, 5.41) is 12.1. The van der Waals surface area contributed by atoms with Crippen molar-refractivity contribution in [2.45, 2.75) is 33.6 Å². The highest BCUT2D eigenvalue weighted by Crippen LogP contribution is 2.38. The molecule has 0 unspecified atom stereocenters. The quantitative estimate of drug-likeness (QED) is 0.543. The van der Waals surface area contributed by atoms with Crippen LogP contribution in [0.4, 0.5) is 11.6 Å². The van der Waals surface area contributed by atoms with Gasteiger partial charge in [0.05, 0.1) is 11.1 Å². The van der Waals surface area contributed by atoms with Gasteiger partial charge in [-0.2, -0.15) is 0 Å². The minimum atomic E-state index is 0.245. The van der Waals surface area contributed by atoms with Crippen LogP contribution in [0.5, 0.6) is 5.75 Å². The van der Waals surface area contributed by atoms with Gasteiger partial charge >= 0.3 is 0 Å². The van der Waals surface area contributed by atoms with Crippen LogP contribution in [0, 0.1) is 20.8 Å². The van der Waals surface area contributed by atoms with Crippen LogP contribution in [-0.4, -0.2) is 37.7 Å². The fourth-order valence-corrected chi connectivity index (χ4v) is 4.50. The van der Waals surface area contributed by atoms with E-state index in [2.05, 4.69) is 27.9 Å². The van der Waals surface area contributed by atoms with Gasteiger partial charge in [0.15, 0.2) is 5.65 Å². The molecule has 0 atom stereocenters. The Morgan fingerprint density at radius 2 is 1.76 bits per heavy atom. The smallest absolute Gasteiger partial charge is 0.152 e. The second-order valence-corrected chi connectivity index (χ2v) is 7.86. The summed E-state index contributed by atoms with van der Waals surface area (Å²) >= 11 is 0. The molecule has 0 aliphatic carbocycles. The van der Waals surface area contributed by atoms with Crippen molar-refractivity contribution in [2.24, 2.45) is 0 Å². The molecular formula is C22H24N6O. The van der Waals surface area contributed by atoms with E-state index in [-0.39, 0.29) is 5.75 Å². The van der Waals surface area contributed by atoms with Crippen LogP contribution in [0.2, 0.25) is 0 Å². The third-order valence-corrected chi connectivity index (χ3v) is 5.95. The normalized spacial score (nSPS) is 14.4. The fourth-order valence-electron chi connectivity index (χ4n) is 4.50. The number of nitrogens with two attached hydrogens (primary N) is 1. The molecule has 7 nitrogen and oxygen atoms in total. The van der Waals surface area contributed by atoms with Crippen LogP contribution in [0.25, 0.3) is 27.8 Å². The van der Waals surface area contributed by atoms with E-state index in [0.717, 1.165) is 57.7 Å². The Morgan fingerprint density at radius 3 is 2.52 bits per heavy atom. The molecule has 4 heterocycles. The van der Waals surface area contributed by atoms with Crippen molar-refractivity contribution in [1.82, 2.24) is 19.5 Å². The minimum Gasteiger partial charge on any atom is -0.508 e. The zero-order valence-corrected chi connectivity index (χ0v) is 16.9. The Labute approximate surface area is 168 Å². The average Bonchev–Trinajstić information content (AvgIpc) is 3.32. The summed E-state index contributed by atoms with van der Waals surface area (Å²) in [4.78, 5) is 16.2. The first-order valence-corrected chi connectivity index (χ1v) is 9.94. The summed E-state index contributed by atoms with van der Waals surface area (Å²) in [6.07, 6.45) is 3.85. The lowest BCUT2D eigenvalue weighted by Gasteiger charge is -2.20. The van der Waals surface area contributed by atoms with E-state index in [1.54, 1.807) is 6.07 Å². The summed E-state index contributed by atoms with van der Waals surface area (Å²) < 4.78 is 2.02. The monoisotopic (exact) mass is 388 g/mol. The molecular weight excluding hydrogens is 364 g/mol. The molecule has 148 valence electrons. The Bertz CT molecular complexity index is 1270. The van der Waals surface area contributed by atoms with Gasteiger partial charge in [-0.3, -0.25) is 4.57 Å².